The number of hydrogen-bond acceptors (Lipinski definition) is 4. The lowest BCUT2D eigenvalue weighted by atomic mass is 9.78. The Balaban J connectivity index is 2.21. The molecule has 0 radical (unpaired) electrons. The molecular formula is C15H18ClNO2S. The summed E-state index contributed by atoms with van der Waals surface area (Å²) >= 11 is 7.51. The number of rotatable bonds is 6. The van der Waals surface area contributed by atoms with Gasteiger partial charge in [0.25, 0.3) is 0 Å². The molecule has 0 fully saturated rings. The normalized spacial score (nSPS) is 11.8. The van der Waals surface area contributed by atoms with Crippen LogP contribution in [0, 0.1) is 6.92 Å². The molecular weight excluding hydrogens is 294 g/mol. The lowest BCUT2D eigenvalue weighted by Gasteiger charge is -2.30. The molecule has 0 saturated heterocycles. The monoisotopic (exact) mass is 311 g/mol. The highest BCUT2D eigenvalue weighted by molar-refractivity contribution is 7.09. The maximum atomic E-state index is 9.79. The molecule has 2 N–H and O–H groups in total. The van der Waals surface area contributed by atoms with Gasteiger partial charge in [-0.15, -0.1) is 11.3 Å². The summed E-state index contributed by atoms with van der Waals surface area (Å²) < 4.78 is 0. The van der Waals surface area contributed by atoms with Crippen LogP contribution in [0.3, 0.4) is 0 Å². The predicted octanol–water partition coefficient (Wildman–Crippen LogP) is 2.96. The molecule has 20 heavy (non-hydrogen) atoms. The van der Waals surface area contributed by atoms with Crippen molar-refractivity contribution in [3.63, 3.8) is 0 Å². The minimum absolute atomic E-state index is 0.0943. The Kier molecular flexibility index (Phi) is 5.16. The van der Waals surface area contributed by atoms with Crippen molar-refractivity contribution >= 4 is 22.9 Å². The summed E-state index contributed by atoms with van der Waals surface area (Å²) in [5.74, 6) is 0. The van der Waals surface area contributed by atoms with Crippen LogP contribution in [0.1, 0.15) is 22.6 Å². The molecule has 0 saturated carbocycles. The molecule has 1 aromatic carbocycles. The van der Waals surface area contributed by atoms with E-state index in [1.54, 1.807) is 23.5 Å². The number of nitrogens with zero attached hydrogens (tertiary/aromatic N) is 1. The molecule has 0 aliphatic carbocycles. The highest BCUT2D eigenvalue weighted by Crippen LogP contribution is 2.31. The van der Waals surface area contributed by atoms with Gasteiger partial charge in [-0.1, -0.05) is 23.7 Å². The number of aliphatic hydroxyl groups excluding tert-OH is 2. The fourth-order valence-corrected chi connectivity index (χ4v) is 3.16. The van der Waals surface area contributed by atoms with Crippen molar-refractivity contribution in [2.45, 2.75) is 25.2 Å². The molecule has 108 valence electrons. The third-order valence-electron chi connectivity index (χ3n) is 3.74. The first kappa shape index (κ1) is 15.4. The van der Waals surface area contributed by atoms with Crippen molar-refractivity contribution in [3.8, 4) is 0 Å². The minimum atomic E-state index is -0.638. The second-order valence-electron chi connectivity index (χ2n) is 4.96. The van der Waals surface area contributed by atoms with E-state index in [0.717, 1.165) is 17.7 Å². The van der Waals surface area contributed by atoms with Gasteiger partial charge in [0.15, 0.2) is 0 Å². The van der Waals surface area contributed by atoms with Gasteiger partial charge >= 0.3 is 0 Å². The molecule has 0 amide bonds. The molecule has 2 aromatic rings. The average Bonchev–Trinajstić information content (AvgIpc) is 2.88. The van der Waals surface area contributed by atoms with E-state index >= 15 is 0 Å². The number of hydrogen-bond donors (Lipinski definition) is 2. The third-order valence-corrected chi connectivity index (χ3v) is 4.98. The number of halogens is 1. The first-order valence-electron chi connectivity index (χ1n) is 6.48. The van der Waals surface area contributed by atoms with Gasteiger partial charge in [-0.25, -0.2) is 4.98 Å². The fraction of sp³-hybridized carbons (Fsp3) is 0.400. The second-order valence-corrected chi connectivity index (χ2v) is 6.34. The Morgan fingerprint density at radius 2 is 1.85 bits per heavy atom. The number of thiazole rings is 1. The Labute approximate surface area is 127 Å². The van der Waals surface area contributed by atoms with E-state index in [9.17, 15) is 10.2 Å². The van der Waals surface area contributed by atoms with Crippen LogP contribution >= 0.6 is 22.9 Å². The minimum Gasteiger partial charge on any atom is -0.395 e. The molecule has 0 aliphatic heterocycles. The summed E-state index contributed by atoms with van der Waals surface area (Å²) in [6.45, 7) is 1.79. The summed E-state index contributed by atoms with van der Waals surface area (Å²) in [4.78, 5) is 5.43. The van der Waals surface area contributed by atoms with Gasteiger partial charge in [-0.3, -0.25) is 0 Å². The zero-order chi connectivity index (χ0) is 14.6. The van der Waals surface area contributed by atoms with Crippen LogP contribution in [0.15, 0.2) is 29.8 Å². The van der Waals surface area contributed by atoms with Crippen LogP contribution in [-0.4, -0.2) is 28.4 Å². The molecule has 0 bridgehead atoms. The standard InChI is InChI=1S/C15H18ClNO2S/c1-11-14(20-10-17-11)6-7-15(8-18,9-19)12-2-4-13(16)5-3-12/h2-5,10,18-19H,6-9H2,1H3. The van der Waals surface area contributed by atoms with E-state index in [0.29, 0.717) is 11.4 Å². The van der Waals surface area contributed by atoms with Gasteiger partial charge in [-0.2, -0.15) is 0 Å². The topological polar surface area (TPSA) is 53.4 Å². The molecule has 1 heterocycles. The third kappa shape index (κ3) is 3.20. The summed E-state index contributed by atoms with van der Waals surface area (Å²) in [5, 5.41) is 20.2. The lowest BCUT2D eigenvalue weighted by Crippen LogP contribution is -2.35. The van der Waals surface area contributed by atoms with Crippen molar-refractivity contribution in [2.24, 2.45) is 0 Å². The molecule has 0 unspecified atom stereocenters. The second kappa shape index (κ2) is 6.68. The predicted molar refractivity (Wildman–Crippen MR) is 82.5 cm³/mol. The number of aryl methyl sites for hydroxylation is 2. The highest BCUT2D eigenvalue weighted by Gasteiger charge is 2.31. The molecule has 3 nitrogen and oxygen atoms in total. The summed E-state index contributed by atoms with van der Waals surface area (Å²) in [7, 11) is 0. The number of benzene rings is 1. The van der Waals surface area contributed by atoms with Gasteiger partial charge in [-0.05, 0) is 37.5 Å². The molecule has 2 rings (SSSR count). The quantitative estimate of drug-likeness (QED) is 0.862. The molecule has 0 atom stereocenters. The molecule has 1 aromatic heterocycles. The Morgan fingerprint density at radius 3 is 2.35 bits per heavy atom. The highest BCUT2D eigenvalue weighted by atomic mass is 35.5. The van der Waals surface area contributed by atoms with Crippen molar-refractivity contribution in [1.29, 1.82) is 0 Å². The van der Waals surface area contributed by atoms with Crippen molar-refractivity contribution in [1.82, 2.24) is 4.98 Å². The van der Waals surface area contributed by atoms with Crippen LogP contribution in [0.4, 0.5) is 0 Å². The first-order valence-corrected chi connectivity index (χ1v) is 7.74. The number of aliphatic hydroxyl groups is 2. The van der Waals surface area contributed by atoms with E-state index in [4.69, 9.17) is 11.6 Å². The smallest absolute Gasteiger partial charge is 0.0797 e. The Morgan fingerprint density at radius 1 is 1.20 bits per heavy atom. The summed E-state index contributed by atoms with van der Waals surface area (Å²) in [6, 6.07) is 7.31. The molecule has 5 heteroatoms. The zero-order valence-corrected chi connectivity index (χ0v) is 12.9. The molecule has 0 spiro atoms. The van der Waals surface area contributed by atoms with Gasteiger partial charge in [0.05, 0.1) is 24.4 Å². The lowest BCUT2D eigenvalue weighted by molar-refractivity contribution is 0.110. The van der Waals surface area contributed by atoms with Crippen LogP contribution in [0.2, 0.25) is 5.02 Å². The van der Waals surface area contributed by atoms with Crippen LogP contribution in [0.5, 0.6) is 0 Å². The molecule has 0 aliphatic rings. The maximum Gasteiger partial charge on any atom is 0.0797 e. The van der Waals surface area contributed by atoms with Gasteiger partial charge in [0, 0.05) is 15.3 Å². The van der Waals surface area contributed by atoms with Crippen molar-refractivity contribution in [3.05, 3.63) is 50.9 Å². The van der Waals surface area contributed by atoms with E-state index in [1.165, 1.54) is 4.88 Å². The largest absolute Gasteiger partial charge is 0.395 e. The van der Waals surface area contributed by atoms with E-state index in [-0.39, 0.29) is 13.2 Å². The fourth-order valence-electron chi connectivity index (χ4n) is 2.26. The van der Waals surface area contributed by atoms with Crippen LogP contribution in [-0.2, 0) is 11.8 Å². The van der Waals surface area contributed by atoms with Crippen molar-refractivity contribution < 1.29 is 10.2 Å². The van der Waals surface area contributed by atoms with Gasteiger partial charge in [0.2, 0.25) is 0 Å². The Hall–Kier alpha value is -0.940. The SMILES string of the molecule is Cc1ncsc1CCC(CO)(CO)c1ccc(Cl)cc1. The van der Waals surface area contributed by atoms with E-state index in [2.05, 4.69) is 4.98 Å². The first-order chi connectivity index (χ1) is 9.61. The summed E-state index contributed by atoms with van der Waals surface area (Å²) in [5.41, 5.74) is 3.12. The van der Waals surface area contributed by atoms with Gasteiger partial charge in [0.1, 0.15) is 0 Å². The number of aromatic nitrogens is 1. The van der Waals surface area contributed by atoms with E-state index < -0.39 is 5.41 Å². The zero-order valence-electron chi connectivity index (χ0n) is 11.3. The Bertz CT molecular complexity index is 549. The summed E-state index contributed by atoms with van der Waals surface area (Å²) in [6.07, 6.45) is 1.46. The van der Waals surface area contributed by atoms with Crippen LogP contribution in [0.25, 0.3) is 0 Å². The van der Waals surface area contributed by atoms with Crippen molar-refractivity contribution in [2.75, 3.05) is 13.2 Å². The average molecular weight is 312 g/mol. The van der Waals surface area contributed by atoms with Gasteiger partial charge < -0.3 is 10.2 Å². The van der Waals surface area contributed by atoms with E-state index in [1.807, 2.05) is 24.6 Å². The maximum absolute atomic E-state index is 9.79. The van der Waals surface area contributed by atoms with Crippen LogP contribution < -0.4 is 0 Å².